The third kappa shape index (κ3) is 7.33. The fraction of sp³-hybridized carbons (Fsp3) is 0.286. The third-order valence-corrected chi connectivity index (χ3v) is 6.41. The lowest BCUT2D eigenvalue weighted by atomic mass is 10.1. The zero-order valence-electron chi connectivity index (χ0n) is 20.7. The van der Waals surface area contributed by atoms with Gasteiger partial charge in [0.2, 0.25) is 0 Å². The Kier molecular flexibility index (Phi) is 9.15. The molecule has 8 nitrogen and oxygen atoms in total. The summed E-state index contributed by atoms with van der Waals surface area (Å²) in [4.78, 5) is 23.9. The SMILES string of the molecule is CC(=O)OCCOc1ccc2c(c1OCCOC(C)=O)Sc1ccccc1OCc1ccccc1CO2. The number of hydrogen-bond donors (Lipinski definition) is 0. The fourth-order valence-electron chi connectivity index (χ4n) is 3.57. The van der Waals surface area contributed by atoms with Crippen LogP contribution in [0.25, 0.3) is 0 Å². The van der Waals surface area contributed by atoms with Crippen molar-refractivity contribution in [3.8, 4) is 23.0 Å². The first kappa shape index (κ1) is 26.2. The molecule has 9 heteroatoms. The van der Waals surface area contributed by atoms with Gasteiger partial charge in [0.1, 0.15) is 56.0 Å². The van der Waals surface area contributed by atoms with Crippen LogP contribution in [0.1, 0.15) is 25.0 Å². The Morgan fingerprint density at radius 1 is 0.730 bits per heavy atom. The van der Waals surface area contributed by atoms with Crippen LogP contribution >= 0.6 is 11.8 Å². The van der Waals surface area contributed by atoms with E-state index in [1.165, 1.54) is 25.6 Å². The molecular weight excluding hydrogens is 496 g/mol. The molecule has 194 valence electrons. The molecule has 0 N–H and O–H groups in total. The van der Waals surface area contributed by atoms with E-state index < -0.39 is 5.97 Å². The molecule has 3 aromatic rings. The van der Waals surface area contributed by atoms with E-state index in [4.69, 9.17) is 28.4 Å². The molecule has 0 amide bonds. The average Bonchev–Trinajstić information content (AvgIpc) is 2.91. The molecular formula is C28H28O8S. The molecule has 0 fully saturated rings. The lowest BCUT2D eigenvalue weighted by molar-refractivity contribution is -0.142. The maximum absolute atomic E-state index is 11.2. The second kappa shape index (κ2) is 12.9. The number of ether oxygens (including phenoxy) is 6. The Hall–Kier alpha value is -3.85. The van der Waals surface area contributed by atoms with Crippen molar-refractivity contribution in [2.24, 2.45) is 0 Å². The van der Waals surface area contributed by atoms with Gasteiger partial charge in [-0.1, -0.05) is 48.2 Å². The first-order chi connectivity index (χ1) is 18.0. The number of carbonyl (C=O) groups excluding carboxylic acids is 2. The largest absolute Gasteiger partial charge is 0.488 e. The smallest absolute Gasteiger partial charge is 0.302 e. The summed E-state index contributed by atoms with van der Waals surface area (Å²) in [5.74, 6) is 1.42. The van der Waals surface area contributed by atoms with Gasteiger partial charge in [-0.25, -0.2) is 0 Å². The summed E-state index contributed by atoms with van der Waals surface area (Å²) in [6, 6.07) is 19.3. The van der Waals surface area contributed by atoms with Crippen LogP contribution in [0, 0.1) is 0 Å². The van der Waals surface area contributed by atoms with Crippen molar-refractivity contribution in [2.75, 3.05) is 26.4 Å². The Morgan fingerprint density at radius 3 is 2.00 bits per heavy atom. The molecule has 0 saturated carbocycles. The van der Waals surface area contributed by atoms with Crippen LogP contribution < -0.4 is 18.9 Å². The van der Waals surface area contributed by atoms with Crippen LogP contribution in [-0.2, 0) is 32.3 Å². The third-order valence-electron chi connectivity index (χ3n) is 5.27. The van der Waals surface area contributed by atoms with Gasteiger partial charge in [-0.15, -0.1) is 0 Å². The van der Waals surface area contributed by atoms with Crippen molar-refractivity contribution >= 4 is 23.7 Å². The molecule has 4 rings (SSSR count). The van der Waals surface area contributed by atoms with E-state index in [0.717, 1.165) is 21.8 Å². The van der Waals surface area contributed by atoms with Crippen molar-refractivity contribution in [1.82, 2.24) is 0 Å². The Morgan fingerprint density at radius 2 is 1.32 bits per heavy atom. The van der Waals surface area contributed by atoms with Crippen LogP contribution in [0.4, 0.5) is 0 Å². The number of fused-ring (bicyclic) bond motifs is 3. The molecule has 0 aromatic heterocycles. The molecule has 0 atom stereocenters. The summed E-state index contributed by atoms with van der Waals surface area (Å²) in [6.07, 6.45) is 0. The van der Waals surface area contributed by atoms with Crippen LogP contribution in [0.15, 0.2) is 70.5 Å². The second-order valence-corrected chi connectivity index (χ2v) is 9.04. The summed E-state index contributed by atoms with van der Waals surface area (Å²) in [7, 11) is 0. The minimum absolute atomic E-state index is 0.0739. The van der Waals surface area contributed by atoms with Crippen LogP contribution in [0.3, 0.4) is 0 Å². The quantitative estimate of drug-likeness (QED) is 0.292. The van der Waals surface area contributed by atoms with E-state index in [9.17, 15) is 9.59 Å². The molecule has 1 aliphatic rings. The number of rotatable bonds is 8. The van der Waals surface area contributed by atoms with Crippen molar-refractivity contribution in [2.45, 2.75) is 36.9 Å². The number of carbonyl (C=O) groups is 2. The van der Waals surface area contributed by atoms with Crippen molar-refractivity contribution in [3.05, 3.63) is 71.8 Å². The number of para-hydroxylation sites is 1. The Labute approximate surface area is 219 Å². The van der Waals surface area contributed by atoms with Gasteiger partial charge in [0.05, 0.1) is 4.90 Å². The summed E-state index contributed by atoms with van der Waals surface area (Å²) in [5.41, 5.74) is 2.05. The highest BCUT2D eigenvalue weighted by Gasteiger charge is 2.22. The van der Waals surface area contributed by atoms with Gasteiger partial charge in [0.25, 0.3) is 0 Å². The predicted molar refractivity (Wildman–Crippen MR) is 136 cm³/mol. The van der Waals surface area contributed by atoms with Crippen molar-refractivity contribution in [3.63, 3.8) is 0 Å². The maximum atomic E-state index is 11.2. The predicted octanol–water partition coefficient (Wildman–Crippen LogP) is 5.19. The second-order valence-electron chi connectivity index (χ2n) is 7.99. The molecule has 0 radical (unpaired) electrons. The molecule has 0 spiro atoms. The summed E-state index contributed by atoms with van der Waals surface area (Å²) < 4.78 is 34.5. The lowest BCUT2D eigenvalue weighted by Gasteiger charge is -2.20. The molecule has 1 aliphatic heterocycles. The van der Waals surface area contributed by atoms with Gasteiger partial charge in [-0.05, 0) is 35.4 Å². The monoisotopic (exact) mass is 524 g/mol. The van der Waals surface area contributed by atoms with Gasteiger partial charge in [-0.3, -0.25) is 9.59 Å². The normalized spacial score (nSPS) is 12.3. The molecule has 0 saturated heterocycles. The fourth-order valence-corrected chi connectivity index (χ4v) is 4.64. The summed E-state index contributed by atoms with van der Waals surface area (Å²) in [6.45, 7) is 3.84. The molecule has 0 unspecified atom stereocenters. The van der Waals surface area contributed by atoms with Crippen LogP contribution in [0.2, 0.25) is 0 Å². The minimum Gasteiger partial charge on any atom is -0.488 e. The highest BCUT2D eigenvalue weighted by Crippen LogP contribution is 2.49. The van der Waals surface area contributed by atoms with E-state index in [2.05, 4.69) is 0 Å². The molecule has 0 aliphatic carbocycles. The first-order valence-electron chi connectivity index (χ1n) is 11.8. The summed E-state index contributed by atoms with van der Waals surface area (Å²) >= 11 is 1.43. The molecule has 37 heavy (non-hydrogen) atoms. The van der Waals surface area contributed by atoms with Gasteiger partial charge < -0.3 is 28.4 Å². The minimum atomic E-state index is -0.392. The van der Waals surface area contributed by atoms with Crippen molar-refractivity contribution < 1.29 is 38.0 Å². The standard InChI is InChI=1S/C28H28O8S/c1-19(29)31-13-15-33-24-11-12-25-28(27(24)34-16-14-32-20(2)30)37-26-10-6-5-9-23(26)35-17-21-7-3-4-8-22(21)18-36-25/h3-12H,13-18H2,1-2H3. The lowest BCUT2D eigenvalue weighted by Crippen LogP contribution is -2.13. The number of hydrogen-bond acceptors (Lipinski definition) is 9. The first-order valence-corrected chi connectivity index (χ1v) is 12.6. The van der Waals surface area contributed by atoms with E-state index in [-0.39, 0.29) is 32.4 Å². The number of esters is 2. The van der Waals surface area contributed by atoms with E-state index in [1.54, 1.807) is 6.07 Å². The van der Waals surface area contributed by atoms with E-state index in [0.29, 0.717) is 35.4 Å². The van der Waals surface area contributed by atoms with Crippen LogP contribution in [0.5, 0.6) is 23.0 Å². The van der Waals surface area contributed by atoms with E-state index >= 15 is 0 Å². The number of benzene rings is 3. The van der Waals surface area contributed by atoms with Crippen LogP contribution in [-0.4, -0.2) is 38.4 Å². The topological polar surface area (TPSA) is 89.5 Å². The van der Waals surface area contributed by atoms with Gasteiger partial charge in [0, 0.05) is 13.8 Å². The molecule has 3 aromatic carbocycles. The molecule has 1 heterocycles. The Bertz CT molecular complexity index is 1240. The zero-order valence-corrected chi connectivity index (χ0v) is 21.5. The maximum Gasteiger partial charge on any atom is 0.302 e. The van der Waals surface area contributed by atoms with Gasteiger partial charge in [0.15, 0.2) is 11.5 Å². The van der Waals surface area contributed by atoms with E-state index in [1.807, 2.05) is 54.6 Å². The van der Waals surface area contributed by atoms with Gasteiger partial charge >= 0.3 is 11.9 Å². The zero-order chi connectivity index (χ0) is 26.0. The molecule has 0 bridgehead atoms. The highest BCUT2D eigenvalue weighted by atomic mass is 32.2. The van der Waals surface area contributed by atoms with Crippen molar-refractivity contribution in [1.29, 1.82) is 0 Å². The summed E-state index contributed by atoms with van der Waals surface area (Å²) in [5, 5.41) is 0. The highest BCUT2D eigenvalue weighted by molar-refractivity contribution is 7.99. The average molecular weight is 525 g/mol. The Balaban J connectivity index is 1.72. The van der Waals surface area contributed by atoms with Gasteiger partial charge in [-0.2, -0.15) is 0 Å².